The third kappa shape index (κ3) is 2.76. The molecule has 3 heteroatoms. The van der Waals surface area contributed by atoms with E-state index in [4.69, 9.17) is 4.74 Å². The number of ketones is 1. The smallest absolute Gasteiger partial charge is 0.312 e. The standard InChI is InChI=1S/C31H48O3/c1-19(2)20-11-16-31(26(33)34-8)18-17-29(6)21(25(20)31)9-10-23-28(5)14-13-24(32)27(3,4)22(28)12-15-30(23,29)7/h20-23,25H,1,9-18H2,2-8H3/t20-,21?,22?,23?,25?,28-,29+,30+,31-/m0/s1. The maximum absolute atomic E-state index is 13.3. The molecule has 5 aliphatic carbocycles. The Hall–Kier alpha value is -1.12. The predicted octanol–water partition coefficient (Wildman–Crippen LogP) is 7.39. The summed E-state index contributed by atoms with van der Waals surface area (Å²) in [5.74, 6) is 3.01. The van der Waals surface area contributed by atoms with Crippen molar-refractivity contribution in [2.45, 2.75) is 106 Å². The second-order valence-corrected chi connectivity index (χ2v) is 14.5. The highest BCUT2D eigenvalue weighted by Crippen LogP contribution is 2.77. The van der Waals surface area contributed by atoms with E-state index in [9.17, 15) is 9.59 Å². The molecule has 0 spiro atoms. The highest BCUT2D eigenvalue weighted by Gasteiger charge is 2.72. The van der Waals surface area contributed by atoms with Gasteiger partial charge in [0.1, 0.15) is 5.78 Å². The topological polar surface area (TPSA) is 43.4 Å². The van der Waals surface area contributed by atoms with Gasteiger partial charge in [0, 0.05) is 11.8 Å². The van der Waals surface area contributed by atoms with Crippen molar-refractivity contribution in [1.29, 1.82) is 0 Å². The van der Waals surface area contributed by atoms with Gasteiger partial charge in [-0.25, -0.2) is 0 Å². The first kappa shape index (κ1) is 24.6. The molecule has 0 saturated heterocycles. The molecule has 0 aliphatic heterocycles. The lowest BCUT2D eigenvalue weighted by Crippen LogP contribution is -2.66. The molecule has 0 amide bonds. The van der Waals surface area contributed by atoms with E-state index < -0.39 is 0 Å². The molecular weight excluding hydrogens is 420 g/mol. The van der Waals surface area contributed by atoms with Crippen molar-refractivity contribution in [3.63, 3.8) is 0 Å². The largest absolute Gasteiger partial charge is 0.469 e. The summed E-state index contributed by atoms with van der Waals surface area (Å²) in [6.45, 7) is 18.8. The summed E-state index contributed by atoms with van der Waals surface area (Å²) in [6, 6.07) is 0. The minimum Gasteiger partial charge on any atom is -0.469 e. The zero-order chi connectivity index (χ0) is 24.9. The highest BCUT2D eigenvalue weighted by atomic mass is 16.5. The maximum Gasteiger partial charge on any atom is 0.312 e. The number of rotatable bonds is 2. The first-order chi connectivity index (χ1) is 15.8. The van der Waals surface area contributed by atoms with Crippen LogP contribution in [0, 0.1) is 56.7 Å². The third-order valence-electron chi connectivity index (χ3n) is 13.4. The van der Waals surface area contributed by atoms with Gasteiger partial charge in [-0.3, -0.25) is 9.59 Å². The average Bonchev–Trinajstić information content (AvgIpc) is 3.18. The summed E-state index contributed by atoms with van der Waals surface area (Å²) in [7, 11) is 1.59. The van der Waals surface area contributed by atoms with Crippen molar-refractivity contribution in [1.82, 2.24) is 0 Å². The van der Waals surface area contributed by atoms with Gasteiger partial charge in [0.15, 0.2) is 0 Å². The number of hydrogen-bond donors (Lipinski definition) is 0. The monoisotopic (exact) mass is 468 g/mol. The van der Waals surface area contributed by atoms with Crippen molar-refractivity contribution in [2.75, 3.05) is 7.11 Å². The molecule has 5 fully saturated rings. The molecule has 5 saturated carbocycles. The number of fused-ring (bicyclic) bond motifs is 7. The summed E-state index contributed by atoms with van der Waals surface area (Å²) < 4.78 is 5.49. The van der Waals surface area contributed by atoms with Crippen LogP contribution in [0.4, 0.5) is 0 Å². The van der Waals surface area contributed by atoms with E-state index in [2.05, 4.69) is 48.1 Å². The van der Waals surface area contributed by atoms with Gasteiger partial charge in [0.2, 0.25) is 0 Å². The third-order valence-corrected chi connectivity index (χ3v) is 13.4. The van der Waals surface area contributed by atoms with E-state index in [0.717, 1.165) is 38.5 Å². The molecule has 0 aromatic rings. The normalized spacial score (nSPS) is 51.5. The minimum atomic E-state index is -0.313. The number of hydrogen-bond acceptors (Lipinski definition) is 3. The molecule has 190 valence electrons. The molecule has 4 unspecified atom stereocenters. The number of esters is 1. The van der Waals surface area contributed by atoms with Crippen LogP contribution in [-0.4, -0.2) is 18.9 Å². The summed E-state index contributed by atoms with van der Waals surface area (Å²) in [6.07, 6.45) is 10.8. The molecule has 0 heterocycles. The number of carbonyl (C=O) groups excluding carboxylic acids is 2. The Kier molecular flexibility index (Phi) is 5.38. The number of methoxy groups -OCH3 is 1. The molecule has 0 N–H and O–H groups in total. The van der Waals surface area contributed by atoms with Gasteiger partial charge >= 0.3 is 5.97 Å². The second-order valence-electron chi connectivity index (χ2n) is 14.5. The van der Waals surface area contributed by atoms with E-state index in [1.54, 1.807) is 7.11 Å². The SMILES string of the molecule is C=C(C)[C@@H]1CC[C@]2(C(=O)OC)CC[C@]3(C)C(CCC4[C@@]5(C)CCC(=O)C(C)(C)C5CC[C@]43C)C12. The molecule has 9 atom stereocenters. The predicted molar refractivity (Wildman–Crippen MR) is 136 cm³/mol. The van der Waals surface area contributed by atoms with Crippen molar-refractivity contribution in [3.05, 3.63) is 12.2 Å². The van der Waals surface area contributed by atoms with Gasteiger partial charge in [0.05, 0.1) is 12.5 Å². The van der Waals surface area contributed by atoms with Crippen molar-refractivity contribution in [3.8, 4) is 0 Å². The van der Waals surface area contributed by atoms with E-state index in [1.165, 1.54) is 31.3 Å². The van der Waals surface area contributed by atoms with E-state index in [-0.39, 0.29) is 33.0 Å². The van der Waals surface area contributed by atoms with E-state index in [1.807, 2.05) is 0 Å². The number of ether oxygens (including phenoxy) is 1. The van der Waals surface area contributed by atoms with E-state index >= 15 is 0 Å². The molecular formula is C31H48O3. The van der Waals surface area contributed by atoms with Crippen molar-refractivity contribution >= 4 is 11.8 Å². The molecule has 5 rings (SSSR count). The van der Waals surface area contributed by atoms with Crippen LogP contribution in [-0.2, 0) is 14.3 Å². The maximum atomic E-state index is 13.3. The summed E-state index contributed by atoms with van der Waals surface area (Å²) in [5, 5.41) is 0. The fraction of sp³-hybridized carbons (Fsp3) is 0.871. The van der Waals surface area contributed by atoms with Crippen LogP contribution in [0.25, 0.3) is 0 Å². The fourth-order valence-electron chi connectivity index (χ4n) is 11.5. The van der Waals surface area contributed by atoms with Gasteiger partial charge in [-0.1, -0.05) is 46.8 Å². The Bertz CT molecular complexity index is 918. The number of allylic oxidation sites excluding steroid dienone is 1. The van der Waals surface area contributed by atoms with Crippen LogP contribution in [0.5, 0.6) is 0 Å². The van der Waals surface area contributed by atoms with E-state index in [0.29, 0.717) is 35.4 Å². The Morgan fingerprint density at radius 1 is 0.882 bits per heavy atom. The Morgan fingerprint density at radius 3 is 2.24 bits per heavy atom. The summed E-state index contributed by atoms with van der Waals surface area (Å²) >= 11 is 0. The highest BCUT2D eigenvalue weighted by molar-refractivity contribution is 5.85. The Labute approximate surface area is 207 Å². The number of carbonyl (C=O) groups is 2. The van der Waals surface area contributed by atoms with Crippen LogP contribution in [0.1, 0.15) is 106 Å². The lowest BCUT2D eigenvalue weighted by atomic mass is 9.32. The zero-order valence-electron chi connectivity index (χ0n) is 22.9. The first-order valence-corrected chi connectivity index (χ1v) is 14.1. The molecule has 0 bridgehead atoms. The van der Waals surface area contributed by atoms with Gasteiger partial charge in [-0.2, -0.15) is 0 Å². The lowest BCUT2D eigenvalue weighted by Gasteiger charge is -2.72. The summed E-state index contributed by atoms with van der Waals surface area (Å²) in [5.41, 5.74) is 1.45. The Balaban J connectivity index is 1.57. The van der Waals surface area contributed by atoms with Crippen LogP contribution in [0.15, 0.2) is 12.2 Å². The Morgan fingerprint density at radius 2 is 1.59 bits per heavy atom. The van der Waals surface area contributed by atoms with Gasteiger partial charge < -0.3 is 4.74 Å². The molecule has 5 aliphatic rings. The fourth-order valence-corrected chi connectivity index (χ4v) is 11.5. The average molecular weight is 469 g/mol. The van der Waals surface area contributed by atoms with Crippen molar-refractivity contribution < 1.29 is 14.3 Å². The van der Waals surface area contributed by atoms with Crippen LogP contribution < -0.4 is 0 Å². The summed E-state index contributed by atoms with van der Waals surface area (Å²) in [4.78, 5) is 26.3. The van der Waals surface area contributed by atoms with Crippen LogP contribution >= 0.6 is 0 Å². The van der Waals surface area contributed by atoms with Gasteiger partial charge in [-0.15, -0.1) is 0 Å². The second kappa shape index (κ2) is 7.45. The molecule has 0 aromatic heterocycles. The van der Waals surface area contributed by atoms with Crippen LogP contribution in [0.2, 0.25) is 0 Å². The minimum absolute atomic E-state index is 0.0405. The van der Waals surface area contributed by atoms with Gasteiger partial charge in [-0.05, 0) is 111 Å². The quantitative estimate of drug-likeness (QED) is 0.313. The van der Waals surface area contributed by atoms with Crippen molar-refractivity contribution in [2.24, 2.45) is 56.7 Å². The number of Topliss-reactive ketones (excluding diaryl/α,β-unsaturated/α-hetero) is 1. The molecule has 0 radical (unpaired) electrons. The molecule has 34 heavy (non-hydrogen) atoms. The zero-order valence-corrected chi connectivity index (χ0v) is 22.9. The van der Waals surface area contributed by atoms with Crippen LogP contribution in [0.3, 0.4) is 0 Å². The first-order valence-electron chi connectivity index (χ1n) is 14.1. The molecule has 0 aromatic carbocycles. The molecule has 3 nitrogen and oxygen atoms in total. The lowest BCUT2D eigenvalue weighted by molar-refractivity contribution is -0.235. The van der Waals surface area contributed by atoms with Gasteiger partial charge in [0.25, 0.3) is 0 Å².